The molecule has 5 rings (SSSR count). The normalized spacial score (nSPS) is 20.5. The van der Waals surface area contributed by atoms with Gasteiger partial charge in [0.05, 0.1) is 5.69 Å². The van der Waals surface area contributed by atoms with E-state index >= 15 is 0 Å². The van der Waals surface area contributed by atoms with E-state index in [1.54, 1.807) is 30.2 Å². The van der Waals surface area contributed by atoms with Crippen LogP contribution in [0.5, 0.6) is 0 Å². The minimum absolute atomic E-state index is 0.0583. The molecule has 3 heterocycles. The molecule has 1 saturated heterocycles. The summed E-state index contributed by atoms with van der Waals surface area (Å²) < 4.78 is 33.4. The van der Waals surface area contributed by atoms with Gasteiger partial charge in [-0.05, 0) is 43.9 Å². The maximum atomic E-state index is 13.4. The Hall–Kier alpha value is -2.40. The molecular weight excluding hydrogens is 486 g/mol. The smallest absolute Gasteiger partial charge is 0.258 e. The van der Waals surface area contributed by atoms with Crippen LogP contribution in [0.2, 0.25) is 0 Å². The minimum atomic E-state index is -3.68. The van der Waals surface area contributed by atoms with Gasteiger partial charge in [-0.15, -0.1) is 11.8 Å². The number of methoxy groups -OCH3 is 1. The number of nitrogens with one attached hydrogen (secondary N) is 1. The second-order valence-electron chi connectivity index (χ2n) is 8.94. The van der Waals surface area contributed by atoms with E-state index in [0.29, 0.717) is 41.6 Å². The van der Waals surface area contributed by atoms with Gasteiger partial charge in [0.1, 0.15) is 10.3 Å². The number of amides is 2. The number of hydrogen-bond donors (Lipinski definition) is 1. The standard InChI is InChI=1S/C25H29N3O5S2/c1-33-15-6-13-27-20-12-11-19(17-7-4-8-18(23(17)20)25(27)30)26-24(29)21-9-2-3-14-28(21)35(31,32)22-10-5-16-34-22/h4,7-8,10-12,21H,2-3,5-6,9,13-16H2,1H3,(H,26,29). The van der Waals surface area contributed by atoms with Crippen molar-refractivity contribution in [2.45, 2.75) is 38.1 Å². The average Bonchev–Trinajstić information content (AvgIpc) is 3.51. The number of sulfonamides is 1. The number of anilines is 2. The molecular formula is C25H29N3O5S2. The first-order chi connectivity index (χ1) is 16.9. The minimum Gasteiger partial charge on any atom is -0.385 e. The first-order valence-electron chi connectivity index (χ1n) is 12.0. The fourth-order valence-electron chi connectivity index (χ4n) is 5.11. The molecule has 1 fully saturated rings. The Morgan fingerprint density at radius 3 is 2.86 bits per heavy atom. The lowest BCUT2D eigenvalue weighted by Gasteiger charge is -2.33. The van der Waals surface area contributed by atoms with Crippen molar-refractivity contribution >= 4 is 55.7 Å². The number of benzene rings is 2. The predicted molar refractivity (Wildman–Crippen MR) is 139 cm³/mol. The Labute approximate surface area is 209 Å². The molecule has 3 aliphatic heterocycles. The SMILES string of the molecule is COCCCN1C(=O)c2cccc3c(NC(=O)C4CCCCN4S(=O)(=O)C4=CCCS4)ccc1c23. The predicted octanol–water partition coefficient (Wildman–Crippen LogP) is 3.94. The van der Waals surface area contributed by atoms with Crippen LogP contribution in [-0.4, -0.2) is 63.1 Å². The lowest BCUT2D eigenvalue weighted by atomic mass is 10.0. The molecule has 2 aromatic carbocycles. The third-order valence-corrected chi connectivity index (χ3v) is 10.4. The molecule has 1 N–H and O–H groups in total. The number of rotatable bonds is 8. The zero-order valence-electron chi connectivity index (χ0n) is 19.7. The number of ether oxygens (including phenoxy) is 1. The zero-order valence-corrected chi connectivity index (χ0v) is 21.3. The topological polar surface area (TPSA) is 96.0 Å². The highest BCUT2D eigenvalue weighted by atomic mass is 32.3. The molecule has 0 spiro atoms. The van der Waals surface area contributed by atoms with Gasteiger partial charge in [0.2, 0.25) is 15.9 Å². The fourth-order valence-corrected chi connectivity index (χ4v) is 8.38. The van der Waals surface area contributed by atoms with E-state index in [1.807, 2.05) is 18.2 Å². The highest BCUT2D eigenvalue weighted by molar-refractivity contribution is 8.18. The molecule has 8 nitrogen and oxygen atoms in total. The highest BCUT2D eigenvalue weighted by Crippen LogP contribution is 2.41. The molecule has 35 heavy (non-hydrogen) atoms. The number of hydrogen-bond acceptors (Lipinski definition) is 6. The van der Waals surface area contributed by atoms with Crippen LogP contribution < -0.4 is 10.2 Å². The molecule has 0 saturated carbocycles. The van der Waals surface area contributed by atoms with E-state index in [0.717, 1.165) is 47.9 Å². The Morgan fingerprint density at radius 2 is 2.09 bits per heavy atom. The molecule has 2 aromatic rings. The van der Waals surface area contributed by atoms with Crippen molar-refractivity contribution in [3.8, 4) is 0 Å². The monoisotopic (exact) mass is 515 g/mol. The molecule has 186 valence electrons. The molecule has 1 unspecified atom stereocenters. The van der Waals surface area contributed by atoms with Crippen LogP contribution in [0.25, 0.3) is 10.8 Å². The second-order valence-corrected chi connectivity index (χ2v) is 12.2. The summed E-state index contributed by atoms with van der Waals surface area (Å²) >= 11 is 1.34. The lowest BCUT2D eigenvalue weighted by Crippen LogP contribution is -2.49. The average molecular weight is 516 g/mol. The zero-order chi connectivity index (χ0) is 24.6. The third-order valence-electron chi connectivity index (χ3n) is 6.77. The van der Waals surface area contributed by atoms with Crippen LogP contribution in [0.1, 0.15) is 42.5 Å². The highest BCUT2D eigenvalue weighted by Gasteiger charge is 2.40. The van der Waals surface area contributed by atoms with Crippen LogP contribution in [0.4, 0.5) is 11.4 Å². The fraction of sp³-hybridized carbons (Fsp3) is 0.440. The summed E-state index contributed by atoms with van der Waals surface area (Å²) in [6, 6.07) is 8.41. The summed E-state index contributed by atoms with van der Waals surface area (Å²) in [4.78, 5) is 28.2. The largest absolute Gasteiger partial charge is 0.385 e. The number of allylic oxidation sites excluding steroid dienone is 1. The van der Waals surface area contributed by atoms with Crippen molar-refractivity contribution in [2.75, 3.05) is 42.8 Å². The number of nitrogens with zero attached hydrogens (tertiary/aromatic N) is 2. The number of thioether (sulfide) groups is 1. The summed E-state index contributed by atoms with van der Waals surface area (Å²) in [5.74, 6) is 0.358. The van der Waals surface area contributed by atoms with Gasteiger partial charge < -0.3 is 15.0 Å². The number of carbonyl (C=O) groups excluding carboxylic acids is 2. The van der Waals surface area contributed by atoms with Crippen LogP contribution in [0, 0.1) is 0 Å². The molecule has 10 heteroatoms. The second kappa shape index (κ2) is 9.93. The van der Waals surface area contributed by atoms with E-state index in [1.165, 1.54) is 16.1 Å². The molecule has 0 radical (unpaired) electrons. The van der Waals surface area contributed by atoms with Crippen molar-refractivity contribution < 1.29 is 22.7 Å². The molecule has 2 amide bonds. The van der Waals surface area contributed by atoms with Gasteiger partial charge in [-0.1, -0.05) is 24.6 Å². The van der Waals surface area contributed by atoms with E-state index in [9.17, 15) is 18.0 Å². The first kappa shape index (κ1) is 24.3. The van der Waals surface area contributed by atoms with Crippen molar-refractivity contribution in [3.05, 3.63) is 46.2 Å². The number of carbonyl (C=O) groups is 2. The van der Waals surface area contributed by atoms with E-state index in [4.69, 9.17) is 4.74 Å². The van der Waals surface area contributed by atoms with E-state index < -0.39 is 16.1 Å². The van der Waals surface area contributed by atoms with Crippen molar-refractivity contribution in [1.29, 1.82) is 0 Å². The van der Waals surface area contributed by atoms with Gasteiger partial charge in [0, 0.05) is 54.6 Å². The third kappa shape index (κ3) is 4.37. The van der Waals surface area contributed by atoms with E-state index in [2.05, 4.69) is 5.32 Å². The van der Waals surface area contributed by atoms with Crippen LogP contribution in [0.3, 0.4) is 0 Å². The van der Waals surface area contributed by atoms with E-state index in [-0.39, 0.29) is 11.8 Å². The quantitative estimate of drug-likeness (QED) is 0.535. The molecule has 0 aliphatic carbocycles. The van der Waals surface area contributed by atoms with Gasteiger partial charge in [-0.2, -0.15) is 4.31 Å². The summed E-state index contributed by atoms with van der Waals surface area (Å²) in [5.41, 5.74) is 2.01. The Morgan fingerprint density at radius 1 is 1.23 bits per heavy atom. The van der Waals surface area contributed by atoms with Crippen LogP contribution in [0.15, 0.2) is 40.6 Å². The molecule has 0 aromatic heterocycles. The van der Waals surface area contributed by atoms with Crippen molar-refractivity contribution in [3.63, 3.8) is 0 Å². The van der Waals surface area contributed by atoms with Gasteiger partial charge in [0.15, 0.2) is 0 Å². The number of piperidine rings is 1. The Bertz CT molecular complexity index is 1310. The molecule has 1 atom stereocenters. The lowest BCUT2D eigenvalue weighted by molar-refractivity contribution is -0.120. The van der Waals surface area contributed by atoms with Crippen LogP contribution >= 0.6 is 11.8 Å². The summed E-state index contributed by atoms with van der Waals surface area (Å²) in [6.07, 6.45) is 5.22. The van der Waals surface area contributed by atoms with Gasteiger partial charge in [-0.3, -0.25) is 9.59 Å². The Balaban J connectivity index is 1.43. The first-order valence-corrected chi connectivity index (χ1v) is 14.4. The van der Waals surface area contributed by atoms with Gasteiger partial charge >= 0.3 is 0 Å². The summed E-state index contributed by atoms with van der Waals surface area (Å²) in [7, 11) is -2.05. The van der Waals surface area contributed by atoms with Crippen molar-refractivity contribution in [1.82, 2.24) is 4.31 Å². The molecule has 3 aliphatic rings. The van der Waals surface area contributed by atoms with Crippen molar-refractivity contribution in [2.24, 2.45) is 0 Å². The summed E-state index contributed by atoms with van der Waals surface area (Å²) in [5, 5.41) is 4.58. The Kier molecular flexibility index (Phi) is 6.89. The molecule has 0 bridgehead atoms. The van der Waals surface area contributed by atoms with Gasteiger partial charge in [0.25, 0.3) is 5.91 Å². The maximum Gasteiger partial charge on any atom is 0.258 e. The maximum absolute atomic E-state index is 13.4. The van der Waals surface area contributed by atoms with Gasteiger partial charge in [-0.25, -0.2) is 8.42 Å². The van der Waals surface area contributed by atoms with Crippen LogP contribution in [-0.2, 0) is 19.6 Å². The summed E-state index contributed by atoms with van der Waals surface area (Å²) in [6.45, 7) is 1.45.